The van der Waals surface area contributed by atoms with Crippen molar-refractivity contribution in [3.8, 4) is 0 Å². The van der Waals surface area contributed by atoms with E-state index in [1.807, 2.05) is 0 Å². The van der Waals surface area contributed by atoms with Gasteiger partial charge in [0, 0.05) is 23.1 Å². The van der Waals surface area contributed by atoms with Crippen molar-refractivity contribution in [2.24, 2.45) is 7.05 Å². The van der Waals surface area contributed by atoms with Crippen LogP contribution in [0.25, 0.3) is 10.8 Å². The lowest BCUT2D eigenvalue weighted by molar-refractivity contribution is -0.123. The van der Waals surface area contributed by atoms with E-state index in [9.17, 15) is 14.4 Å². The molecule has 0 saturated heterocycles. The van der Waals surface area contributed by atoms with Crippen molar-refractivity contribution in [2.45, 2.75) is 13.0 Å². The number of hydrogen-bond donors (Lipinski definition) is 1. The molecule has 3 rings (SSSR count). The number of aryl methyl sites for hydroxylation is 1. The van der Waals surface area contributed by atoms with Gasteiger partial charge in [-0.25, -0.2) is 9.48 Å². The summed E-state index contributed by atoms with van der Waals surface area (Å²) in [5, 5.41) is 7.88. The molecule has 0 spiro atoms. The zero-order valence-electron chi connectivity index (χ0n) is 14.6. The number of esters is 1. The van der Waals surface area contributed by atoms with Gasteiger partial charge in [-0.2, -0.15) is 5.10 Å². The van der Waals surface area contributed by atoms with Crippen LogP contribution in [0.5, 0.6) is 0 Å². The van der Waals surface area contributed by atoms with Crippen LogP contribution in [0, 0.1) is 0 Å². The number of benzene rings is 2. The summed E-state index contributed by atoms with van der Waals surface area (Å²) < 4.78 is 6.31. The van der Waals surface area contributed by atoms with Crippen molar-refractivity contribution in [1.82, 2.24) is 9.78 Å². The fourth-order valence-corrected chi connectivity index (χ4v) is 2.62. The van der Waals surface area contributed by atoms with E-state index in [1.54, 1.807) is 48.5 Å². The van der Waals surface area contributed by atoms with Crippen LogP contribution < -0.4 is 10.9 Å². The molecule has 0 aliphatic carbocycles. The molecule has 138 valence electrons. The molecule has 0 aliphatic heterocycles. The minimum Gasteiger partial charge on any atom is -0.448 e. The molecule has 0 aliphatic rings. The molecule has 1 atom stereocenters. The van der Waals surface area contributed by atoms with Crippen molar-refractivity contribution >= 4 is 39.9 Å². The molecule has 7 nitrogen and oxygen atoms in total. The van der Waals surface area contributed by atoms with Crippen LogP contribution in [0.2, 0.25) is 5.02 Å². The highest BCUT2D eigenvalue weighted by Crippen LogP contribution is 2.16. The molecular weight excluding hydrogens is 370 g/mol. The third-order valence-corrected chi connectivity index (χ3v) is 4.17. The smallest absolute Gasteiger partial charge is 0.360 e. The van der Waals surface area contributed by atoms with E-state index in [1.165, 1.54) is 14.0 Å². The monoisotopic (exact) mass is 385 g/mol. The molecule has 0 saturated carbocycles. The van der Waals surface area contributed by atoms with Gasteiger partial charge in [0.05, 0.1) is 5.39 Å². The number of nitrogens with one attached hydrogen (secondary N) is 1. The Hall–Kier alpha value is -3.19. The Morgan fingerprint density at radius 2 is 1.74 bits per heavy atom. The number of nitrogens with zero attached hydrogens (tertiary/aromatic N) is 2. The first-order valence-corrected chi connectivity index (χ1v) is 8.48. The van der Waals surface area contributed by atoms with E-state index in [2.05, 4.69) is 10.4 Å². The van der Waals surface area contributed by atoms with Crippen molar-refractivity contribution in [3.05, 3.63) is 69.6 Å². The Bertz CT molecular complexity index is 1080. The molecule has 2 aromatic carbocycles. The van der Waals surface area contributed by atoms with Crippen LogP contribution in [0.4, 0.5) is 5.69 Å². The molecule has 1 heterocycles. The Labute approximate surface area is 159 Å². The van der Waals surface area contributed by atoms with Crippen LogP contribution in [0.1, 0.15) is 17.4 Å². The lowest BCUT2D eigenvalue weighted by Crippen LogP contribution is -2.31. The van der Waals surface area contributed by atoms with Gasteiger partial charge in [0.25, 0.3) is 11.5 Å². The van der Waals surface area contributed by atoms with Gasteiger partial charge in [0.15, 0.2) is 11.8 Å². The largest absolute Gasteiger partial charge is 0.448 e. The third kappa shape index (κ3) is 3.98. The van der Waals surface area contributed by atoms with Crippen LogP contribution in [-0.2, 0) is 16.6 Å². The maximum atomic E-state index is 12.5. The molecular formula is C19H16ClN3O4. The van der Waals surface area contributed by atoms with Crippen LogP contribution in [0.3, 0.4) is 0 Å². The van der Waals surface area contributed by atoms with Gasteiger partial charge >= 0.3 is 5.97 Å². The summed E-state index contributed by atoms with van der Waals surface area (Å²) in [4.78, 5) is 36.9. The number of fused-ring (bicyclic) bond motifs is 1. The highest BCUT2D eigenvalue weighted by molar-refractivity contribution is 6.30. The fraction of sp³-hybridized carbons (Fsp3) is 0.158. The molecule has 3 aromatic rings. The maximum absolute atomic E-state index is 12.5. The summed E-state index contributed by atoms with van der Waals surface area (Å²) in [7, 11) is 1.45. The van der Waals surface area contributed by atoms with Crippen LogP contribution in [-0.4, -0.2) is 27.8 Å². The van der Waals surface area contributed by atoms with Gasteiger partial charge in [-0.15, -0.1) is 0 Å². The number of halogens is 1. The number of carbonyl (C=O) groups is 2. The van der Waals surface area contributed by atoms with E-state index in [0.717, 1.165) is 4.68 Å². The zero-order valence-corrected chi connectivity index (χ0v) is 15.4. The molecule has 0 unspecified atom stereocenters. The average molecular weight is 386 g/mol. The van der Waals surface area contributed by atoms with Crippen molar-refractivity contribution in [3.63, 3.8) is 0 Å². The number of anilines is 1. The second kappa shape index (κ2) is 7.59. The molecule has 0 bridgehead atoms. The van der Waals surface area contributed by atoms with E-state index < -0.39 is 18.0 Å². The molecule has 0 fully saturated rings. The van der Waals surface area contributed by atoms with Gasteiger partial charge in [0.1, 0.15) is 0 Å². The topological polar surface area (TPSA) is 90.3 Å². The summed E-state index contributed by atoms with van der Waals surface area (Å²) in [5.74, 6) is -1.29. The van der Waals surface area contributed by atoms with Crippen molar-refractivity contribution in [2.75, 3.05) is 5.32 Å². The van der Waals surface area contributed by atoms with E-state index in [4.69, 9.17) is 16.3 Å². The van der Waals surface area contributed by atoms with Crippen LogP contribution >= 0.6 is 11.6 Å². The predicted molar refractivity (Wildman–Crippen MR) is 102 cm³/mol. The first kappa shape index (κ1) is 18.6. The minimum atomic E-state index is -1.06. The highest BCUT2D eigenvalue weighted by Gasteiger charge is 2.23. The number of hydrogen-bond acceptors (Lipinski definition) is 5. The number of ether oxygens (including phenoxy) is 1. The number of carbonyl (C=O) groups excluding carboxylic acids is 2. The van der Waals surface area contributed by atoms with Gasteiger partial charge in [-0.05, 0) is 37.3 Å². The minimum absolute atomic E-state index is 0.0288. The average Bonchev–Trinajstić information content (AvgIpc) is 2.66. The maximum Gasteiger partial charge on any atom is 0.360 e. The Morgan fingerprint density at radius 3 is 2.41 bits per heavy atom. The normalized spacial score (nSPS) is 11.8. The number of rotatable bonds is 4. The van der Waals surface area contributed by atoms with Gasteiger partial charge in [-0.3, -0.25) is 9.59 Å². The van der Waals surface area contributed by atoms with E-state index >= 15 is 0 Å². The molecule has 8 heteroatoms. The molecule has 1 N–H and O–H groups in total. The van der Waals surface area contributed by atoms with Crippen molar-refractivity contribution < 1.29 is 14.3 Å². The third-order valence-electron chi connectivity index (χ3n) is 3.91. The van der Waals surface area contributed by atoms with E-state index in [-0.39, 0.29) is 11.3 Å². The fourth-order valence-electron chi connectivity index (χ4n) is 2.50. The second-order valence-electron chi connectivity index (χ2n) is 5.87. The van der Waals surface area contributed by atoms with E-state index in [0.29, 0.717) is 21.5 Å². The molecule has 1 aromatic heterocycles. The SMILES string of the molecule is C[C@H](OC(=O)c1nn(C)c(=O)c2ccccc12)C(=O)Nc1ccc(Cl)cc1. The van der Waals surface area contributed by atoms with Gasteiger partial charge < -0.3 is 10.1 Å². The first-order chi connectivity index (χ1) is 12.9. The molecule has 27 heavy (non-hydrogen) atoms. The standard InChI is InChI=1S/C19H16ClN3O4/c1-11(17(24)21-13-9-7-12(20)8-10-13)27-19(26)16-14-5-3-4-6-15(14)18(25)23(2)22-16/h3-11H,1-2H3,(H,21,24)/t11-/m0/s1. The second-order valence-corrected chi connectivity index (χ2v) is 6.30. The summed E-state index contributed by atoms with van der Waals surface area (Å²) in [6, 6.07) is 13.1. The van der Waals surface area contributed by atoms with Crippen LogP contribution in [0.15, 0.2) is 53.3 Å². The lowest BCUT2D eigenvalue weighted by atomic mass is 10.1. The molecule has 0 radical (unpaired) electrons. The number of aromatic nitrogens is 2. The highest BCUT2D eigenvalue weighted by atomic mass is 35.5. The lowest BCUT2D eigenvalue weighted by Gasteiger charge is -2.14. The first-order valence-electron chi connectivity index (χ1n) is 8.10. The quantitative estimate of drug-likeness (QED) is 0.697. The molecule has 1 amide bonds. The summed E-state index contributed by atoms with van der Waals surface area (Å²) in [6.45, 7) is 1.45. The summed E-state index contributed by atoms with van der Waals surface area (Å²) in [6.07, 6.45) is -1.06. The predicted octanol–water partition coefficient (Wildman–Crippen LogP) is 2.77. The Kier molecular flexibility index (Phi) is 5.23. The zero-order chi connectivity index (χ0) is 19.6. The van der Waals surface area contributed by atoms with Gasteiger partial charge in [0.2, 0.25) is 0 Å². The Morgan fingerprint density at radius 1 is 1.11 bits per heavy atom. The van der Waals surface area contributed by atoms with Crippen molar-refractivity contribution in [1.29, 1.82) is 0 Å². The Balaban J connectivity index is 1.80. The summed E-state index contributed by atoms with van der Waals surface area (Å²) >= 11 is 5.81. The number of amides is 1. The summed E-state index contributed by atoms with van der Waals surface area (Å²) in [5.41, 5.74) is 0.174. The van der Waals surface area contributed by atoms with Gasteiger partial charge in [-0.1, -0.05) is 29.8 Å².